The van der Waals surface area contributed by atoms with E-state index in [1.165, 1.54) is 18.4 Å². The summed E-state index contributed by atoms with van der Waals surface area (Å²) in [6.07, 6.45) is 8.23. The van der Waals surface area contributed by atoms with Crippen LogP contribution < -0.4 is 11.1 Å². The van der Waals surface area contributed by atoms with Crippen LogP contribution in [0.4, 0.5) is 0 Å². The maximum atomic E-state index is 5.88. The Bertz CT molecular complexity index is 276. The minimum Gasteiger partial charge on any atom is -0.472 e. The predicted molar refractivity (Wildman–Crippen MR) is 60.5 cm³/mol. The molecule has 1 unspecified atom stereocenters. The molecule has 0 aromatic carbocycles. The van der Waals surface area contributed by atoms with Crippen molar-refractivity contribution in [3.05, 3.63) is 24.2 Å². The van der Waals surface area contributed by atoms with Crippen molar-refractivity contribution < 1.29 is 4.42 Å². The van der Waals surface area contributed by atoms with Crippen LogP contribution in [0.1, 0.15) is 44.2 Å². The summed E-state index contributed by atoms with van der Waals surface area (Å²) in [5.74, 6) is 0. The Morgan fingerprint density at radius 2 is 2.13 bits per heavy atom. The molecule has 3 heteroatoms. The highest BCUT2D eigenvalue weighted by atomic mass is 16.3. The highest BCUT2D eigenvalue weighted by Crippen LogP contribution is 2.21. The van der Waals surface area contributed by atoms with Crippen molar-refractivity contribution in [3.8, 4) is 0 Å². The van der Waals surface area contributed by atoms with Crippen LogP contribution in [0.25, 0.3) is 0 Å². The van der Waals surface area contributed by atoms with E-state index in [4.69, 9.17) is 10.2 Å². The second-order valence-corrected chi connectivity index (χ2v) is 4.56. The van der Waals surface area contributed by atoms with Gasteiger partial charge in [-0.25, -0.2) is 0 Å². The van der Waals surface area contributed by atoms with Gasteiger partial charge in [-0.1, -0.05) is 0 Å². The van der Waals surface area contributed by atoms with Crippen molar-refractivity contribution in [2.24, 2.45) is 5.73 Å². The average Bonchev–Trinajstić information content (AvgIpc) is 2.74. The number of nitrogens with one attached hydrogen (secondary N) is 1. The van der Waals surface area contributed by atoms with Crippen LogP contribution in [0.3, 0.4) is 0 Å². The second-order valence-electron chi connectivity index (χ2n) is 4.56. The fourth-order valence-electron chi connectivity index (χ4n) is 2.26. The standard InChI is InChI=1S/C12H20N2O/c1-9(10-6-7-15-8-10)14-12-4-2-11(13)3-5-12/h6-9,11-12,14H,2-5,13H2,1H3. The van der Waals surface area contributed by atoms with Gasteiger partial charge < -0.3 is 15.5 Å². The number of hydrogen-bond acceptors (Lipinski definition) is 3. The van der Waals surface area contributed by atoms with Gasteiger partial charge in [0, 0.05) is 23.7 Å². The van der Waals surface area contributed by atoms with Crippen molar-refractivity contribution in [2.75, 3.05) is 0 Å². The summed E-state index contributed by atoms with van der Waals surface area (Å²) in [5.41, 5.74) is 7.11. The zero-order valence-electron chi connectivity index (χ0n) is 9.28. The Labute approximate surface area is 91.0 Å². The lowest BCUT2D eigenvalue weighted by molar-refractivity contribution is 0.321. The van der Waals surface area contributed by atoms with Crippen LogP contribution in [0.15, 0.2) is 23.0 Å². The molecule has 1 fully saturated rings. The lowest BCUT2D eigenvalue weighted by Crippen LogP contribution is -2.38. The fourth-order valence-corrected chi connectivity index (χ4v) is 2.26. The average molecular weight is 208 g/mol. The first-order valence-electron chi connectivity index (χ1n) is 5.79. The van der Waals surface area contributed by atoms with E-state index in [-0.39, 0.29) is 0 Å². The lowest BCUT2D eigenvalue weighted by atomic mass is 9.91. The molecule has 1 saturated carbocycles. The first-order chi connectivity index (χ1) is 7.25. The third-order valence-corrected chi connectivity index (χ3v) is 3.30. The molecular weight excluding hydrogens is 188 g/mol. The van der Waals surface area contributed by atoms with E-state index in [1.54, 1.807) is 6.26 Å². The molecule has 0 amide bonds. The molecule has 3 N–H and O–H groups in total. The Balaban J connectivity index is 1.82. The van der Waals surface area contributed by atoms with Gasteiger partial charge in [-0.2, -0.15) is 0 Å². The fraction of sp³-hybridized carbons (Fsp3) is 0.667. The maximum absolute atomic E-state index is 5.88. The smallest absolute Gasteiger partial charge is 0.0950 e. The third-order valence-electron chi connectivity index (χ3n) is 3.30. The molecule has 1 aliphatic rings. The molecule has 2 rings (SSSR count). The van der Waals surface area contributed by atoms with Crippen molar-refractivity contribution in [3.63, 3.8) is 0 Å². The Morgan fingerprint density at radius 1 is 1.40 bits per heavy atom. The molecule has 0 saturated heterocycles. The van der Waals surface area contributed by atoms with Crippen molar-refractivity contribution >= 4 is 0 Å². The maximum Gasteiger partial charge on any atom is 0.0950 e. The molecule has 0 bridgehead atoms. The van der Waals surface area contributed by atoms with Gasteiger partial charge in [0.05, 0.1) is 12.5 Å². The normalized spacial score (nSPS) is 28.9. The van der Waals surface area contributed by atoms with Crippen molar-refractivity contribution in [2.45, 2.75) is 50.7 Å². The van der Waals surface area contributed by atoms with Gasteiger partial charge in [0.1, 0.15) is 0 Å². The van der Waals surface area contributed by atoms with E-state index in [0.29, 0.717) is 18.1 Å². The molecule has 84 valence electrons. The zero-order chi connectivity index (χ0) is 10.7. The molecular formula is C12H20N2O. The Hall–Kier alpha value is -0.800. The summed E-state index contributed by atoms with van der Waals surface area (Å²) in [6, 6.07) is 3.44. The first-order valence-corrected chi connectivity index (χ1v) is 5.79. The number of nitrogens with two attached hydrogens (primary N) is 1. The SMILES string of the molecule is CC(NC1CCC(N)CC1)c1ccoc1. The van der Waals surface area contributed by atoms with Crippen LogP contribution in [-0.2, 0) is 0 Å². The summed E-state index contributed by atoms with van der Waals surface area (Å²) in [7, 11) is 0. The molecule has 15 heavy (non-hydrogen) atoms. The summed E-state index contributed by atoms with van der Waals surface area (Å²) < 4.78 is 5.08. The van der Waals surface area contributed by atoms with E-state index in [9.17, 15) is 0 Å². The van der Waals surface area contributed by atoms with E-state index >= 15 is 0 Å². The predicted octanol–water partition coefficient (Wildman–Crippen LogP) is 2.20. The summed E-state index contributed by atoms with van der Waals surface area (Å²) in [4.78, 5) is 0. The van der Waals surface area contributed by atoms with Gasteiger partial charge in [-0.15, -0.1) is 0 Å². The van der Waals surface area contributed by atoms with Crippen LogP contribution >= 0.6 is 0 Å². The molecule has 0 spiro atoms. The molecule has 1 aliphatic carbocycles. The van der Waals surface area contributed by atoms with Gasteiger partial charge in [0.15, 0.2) is 0 Å². The Kier molecular flexibility index (Phi) is 3.44. The number of furan rings is 1. The summed E-state index contributed by atoms with van der Waals surface area (Å²) in [5, 5.41) is 3.63. The Morgan fingerprint density at radius 3 is 2.73 bits per heavy atom. The molecule has 3 nitrogen and oxygen atoms in total. The molecule has 1 aromatic heterocycles. The topological polar surface area (TPSA) is 51.2 Å². The minimum absolute atomic E-state index is 0.378. The number of rotatable bonds is 3. The highest BCUT2D eigenvalue weighted by molar-refractivity contribution is 5.10. The minimum atomic E-state index is 0.378. The first kappa shape index (κ1) is 10.7. The second kappa shape index (κ2) is 4.81. The van der Waals surface area contributed by atoms with Gasteiger partial charge in [-0.05, 0) is 38.7 Å². The van der Waals surface area contributed by atoms with Gasteiger partial charge in [0.25, 0.3) is 0 Å². The van der Waals surface area contributed by atoms with Crippen LogP contribution in [0, 0.1) is 0 Å². The molecule has 0 aliphatic heterocycles. The van der Waals surface area contributed by atoms with E-state index in [1.807, 2.05) is 12.3 Å². The van der Waals surface area contributed by atoms with Crippen molar-refractivity contribution in [1.29, 1.82) is 0 Å². The highest BCUT2D eigenvalue weighted by Gasteiger charge is 2.20. The van der Waals surface area contributed by atoms with Gasteiger partial charge in [-0.3, -0.25) is 0 Å². The summed E-state index contributed by atoms with van der Waals surface area (Å²) >= 11 is 0. The quantitative estimate of drug-likeness (QED) is 0.800. The van der Waals surface area contributed by atoms with Gasteiger partial charge in [0.2, 0.25) is 0 Å². The monoisotopic (exact) mass is 208 g/mol. The molecule has 1 atom stereocenters. The zero-order valence-corrected chi connectivity index (χ0v) is 9.28. The van der Waals surface area contributed by atoms with Crippen LogP contribution in [0.5, 0.6) is 0 Å². The molecule has 1 aromatic rings. The summed E-state index contributed by atoms with van der Waals surface area (Å²) in [6.45, 7) is 2.18. The lowest BCUT2D eigenvalue weighted by Gasteiger charge is -2.29. The van der Waals surface area contributed by atoms with Crippen molar-refractivity contribution in [1.82, 2.24) is 5.32 Å². The third kappa shape index (κ3) is 2.83. The van der Waals surface area contributed by atoms with Gasteiger partial charge >= 0.3 is 0 Å². The molecule has 0 radical (unpaired) electrons. The van der Waals surface area contributed by atoms with E-state index < -0.39 is 0 Å². The van der Waals surface area contributed by atoms with E-state index in [0.717, 1.165) is 12.8 Å². The van der Waals surface area contributed by atoms with Crippen LogP contribution in [-0.4, -0.2) is 12.1 Å². The van der Waals surface area contributed by atoms with Crippen LogP contribution in [0.2, 0.25) is 0 Å². The molecule has 1 heterocycles. The number of hydrogen-bond donors (Lipinski definition) is 2. The largest absolute Gasteiger partial charge is 0.472 e. The van der Waals surface area contributed by atoms with E-state index in [2.05, 4.69) is 12.2 Å².